The lowest BCUT2D eigenvalue weighted by Gasteiger charge is -2.29. The van der Waals surface area contributed by atoms with Gasteiger partial charge in [0, 0.05) is 56.4 Å². The molecule has 2 N–H and O–H groups in total. The fourth-order valence-corrected chi connectivity index (χ4v) is 3.42. The van der Waals surface area contributed by atoms with Gasteiger partial charge in [0.1, 0.15) is 5.69 Å². The van der Waals surface area contributed by atoms with E-state index in [9.17, 15) is 9.59 Å². The van der Waals surface area contributed by atoms with Gasteiger partial charge in [-0.15, -0.1) is 0 Å². The Bertz CT molecular complexity index is 799. The van der Waals surface area contributed by atoms with Crippen LogP contribution in [0.3, 0.4) is 0 Å². The molecule has 6 nitrogen and oxygen atoms in total. The average Bonchev–Trinajstić information content (AvgIpc) is 3.11. The minimum Gasteiger partial charge on any atom is -0.355 e. The van der Waals surface area contributed by atoms with Crippen molar-refractivity contribution in [1.82, 2.24) is 20.1 Å². The normalized spacial score (nSPS) is 14.2. The van der Waals surface area contributed by atoms with Crippen LogP contribution in [0.5, 0.6) is 0 Å². The van der Waals surface area contributed by atoms with Crippen molar-refractivity contribution in [2.45, 2.75) is 19.9 Å². The van der Waals surface area contributed by atoms with Crippen LogP contribution in [0, 0.1) is 6.92 Å². The molecule has 7 heteroatoms. The molecule has 0 spiro atoms. The number of carbonyl (C=O) groups excluding carboxylic acids is 2. The summed E-state index contributed by atoms with van der Waals surface area (Å²) in [5, 5.41) is 3.87. The van der Waals surface area contributed by atoms with Gasteiger partial charge in [-0.1, -0.05) is 23.7 Å². The fraction of sp³-hybridized carbons (Fsp3) is 0.400. The maximum absolute atomic E-state index is 13.0. The van der Waals surface area contributed by atoms with Crippen LogP contribution < -0.4 is 5.32 Å². The zero-order chi connectivity index (χ0) is 19.2. The summed E-state index contributed by atoms with van der Waals surface area (Å²) in [7, 11) is 0. The molecule has 3 rings (SSSR count). The molecular weight excluding hydrogens is 364 g/mol. The Morgan fingerprint density at radius 2 is 1.96 bits per heavy atom. The minimum absolute atomic E-state index is 0.0862. The summed E-state index contributed by atoms with van der Waals surface area (Å²) in [5.74, 6) is -0.0285. The highest BCUT2D eigenvalue weighted by Crippen LogP contribution is 2.15. The van der Waals surface area contributed by atoms with Crippen LogP contribution in [0.4, 0.5) is 0 Å². The molecule has 0 aliphatic carbocycles. The smallest absolute Gasteiger partial charge is 0.270 e. The lowest BCUT2D eigenvalue weighted by Crippen LogP contribution is -2.47. The Hall–Kier alpha value is -2.31. The van der Waals surface area contributed by atoms with Gasteiger partial charge in [-0.25, -0.2) is 0 Å². The summed E-state index contributed by atoms with van der Waals surface area (Å²) in [6.45, 7) is 5.76. The van der Waals surface area contributed by atoms with Crippen molar-refractivity contribution in [3.63, 3.8) is 0 Å². The van der Waals surface area contributed by atoms with Crippen LogP contribution >= 0.6 is 11.6 Å². The first kappa shape index (κ1) is 19.5. The van der Waals surface area contributed by atoms with Gasteiger partial charge in [-0.05, 0) is 36.8 Å². The van der Waals surface area contributed by atoms with Crippen LogP contribution in [0.2, 0.25) is 5.02 Å². The summed E-state index contributed by atoms with van der Waals surface area (Å²) in [5.41, 5.74) is 2.40. The maximum atomic E-state index is 13.0. The highest BCUT2D eigenvalue weighted by atomic mass is 35.5. The van der Waals surface area contributed by atoms with Crippen molar-refractivity contribution in [1.29, 1.82) is 0 Å². The molecule has 1 saturated heterocycles. The van der Waals surface area contributed by atoms with Crippen LogP contribution in [-0.4, -0.2) is 59.3 Å². The number of rotatable bonds is 6. The number of piperazine rings is 1. The molecule has 0 atom stereocenters. The molecule has 0 radical (unpaired) electrons. The SMILES string of the molecule is Cc1ccc(C(=O)N(CCC(=O)N2CCNCC2)Cc2cccc(Cl)c2)[nH]1. The first-order valence-corrected chi connectivity index (χ1v) is 9.58. The standard InChI is InChI=1S/C20H25ClN4O2/c1-15-5-6-18(23-15)20(27)25(14-16-3-2-4-17(21)13-16)10-7-19(26)24-11-8-22-9-12-24/h2-6,13,22-23H,7-12,14H2,1H3. The van der Waals surface area contributed by atoms with Gasteiger partial charge in [0.2, 0.25) is 5.91 Å². The summed E-state index contributed by atoms with van der Waals surface area (Å²) >= 11 is 6.08. The van der Waals surface area contributed by atoms with Crippen LogP contribution in [0.25, 0.3) is 0 Å². The number of hydrogen-bond donors (Lipinski definition) is 2. The minimum atomic E-state index is -0.115. The monoisotopic (exact) mass is 388 g/mol. The van der Waals surface area contributed by atoms with Gasteiger partial charge in [-0.2, -0.15) is 0 Å². The third-order valence-corrected chi connectivity index (χ3v) is 4.91. The second-order valence-electron chi connectivity index (χ2n) is 6.79. The lowest BCUT2D eigenvalue weighted by molar-refractivity contribution is -0.132. The molecule has 2 heterocycles. The van der Waals surface area contributed by atoms with E-state index < -0.39 is 0 Å². The number of hydrogen-bond acceptors (Lipinski definition) is 3. The van der Waals surface area contributed by atoms with Gasteiger partial charge in [0.25, 0.3) is 5.91 Å². The number of amides is 2. The molecule has 2 aromatic rings. The van der Waals surface area contributed by atoms with E-state index in [1.807, 2.05) is 36.1 Å². The van der Waals surface area contributed by atoms with Crippen molar-refractivity contribution in [2.24, 2.45) is 0 Å². The number of aromatic amines is 1. The predicted octanol–water partition coefficient (Wildman–Crippen LogP) is 2.44. The number of H-pyrrole nitrogens is 1. The molecule has 144 valence electrons. The highest BCUT2D eigenvalue weighted by molar-refractivity contribution is 6.30. The van der Waals surface area contributed by atoms with Gasteiger partial charge in [0.05, 0.1) is 0 Å². The second-order valence-corrected chi connectivity index (χ2v) is 7.23. The fourth-order valence-electron chi connectivity index (χ4n) is 3.21. The largest absolute Gasteiger partial charge is 0.355 e. The quantitative estimate of drug-likeness (QED) is 0.798. The van der Waals surface area contributed by atoms with Crippen molar-refractivity contribution < 1.29 is 9.59 Å². The number of nitrogens with one attached hydrogen (secondary N) is 2. The van der Waals surface area contributed by atoms with Gasteiger partial charge in [-0.3, -0.25) is 9.59 Å². The Kier molecular flexibility index (Phi) is 6.53. The van der Waals surface area contributed by atoms with E-state index in [1.165, 1.54) is 0 Å². The van der Waals surface area contributed by atoms with E-state index in [1.54, 1.807) is 17.0 Å². The summed E-state index contributed by atoms with van der Waals surface area (Å²) in [4.78, 5) is 32.1. The van der Waals surface area contributed by atoms with Crippen molar-refractivity contribution >= 4 is 23.4 Å². The molecule has 1 aromatic carbocycles. The number of benzene rings is 1. The van der Waals surface area contributed by atoms with Gasteiger partial charge in [0.15, 0.2) is 0 Å². The molecule has 27 heavy (non-hydrogen) atoms. The summed E-state index contributed by atoms with van der Waals surface area (Å²) in [6.07, 6.45) is 0.312. The second kappa shape index (κ2) is 9.06. The van der Waals surface area contributed by atoms with Crippen molar-refractivity contribution in [3.05, 3.63) is 58.4 Å². The molecule has 1 aromatic heterocycles. The molecule has 0 unspecified atom stereocenters. The molecular formula is C20H25ClN4O2. The first-order valence-electron chi connectivity index (χ1n) is 9.21. The molecule has 1 fully saturated rings. The van der Waals surface area contributed by atoms with E-state index in [-0.39, 0.29) is 11.8 Å². The Morgan fingerprint density at radius 1 is 1.19 bits per heavy atom. The van der Waals surface area contributed by atoms with Gasteiger partial charge < -0.3 is 20.1 Å². The van der Waals surface area contributed by atoms with Gasteiger partial charge >= 0.3 is 0 Å². The average molecular weight is 389 g/mol. The van der Waals surface area contributed by atoms with E-state index in [4.69, 9.17) is 11.6 Å². The zero-order valence-electron chi connectivity index (χ0n) is 15.5. The third kappa shape index (κ3) is 5.34. The first-order chi connectivity index (χ1) is 13.0. The molecule has 1 aliphatic rings. The van der Waals surface area contributed by atoms with Crippen LogP contribution in [0.15, 0.2) is 36.4 Å². The number of carbonyl (C=O) groups is 2. The Balaban J connectivity index is 1.70. The number of nitrogens with zero attached hydrogens (tertiary/aromatic N) is 2. The Labute approximate surface area is 164 Å². The number of aryl methyl sites for hydroxylation is 1. The zero-order valence-corrected chi connectivity index (χ0v) is 16.3. The van der Waals surface area contributed by atoms with Crippen molar-refractivity contribution in [3.8, 4) is 0 Å². The summed E-state index contributed by atoms with van der Waals surface area (Å²) < 4.78 is 0. The molecule has 2 amide bonds. The summed E-state index contributed by atoms with van der Waals surface area (Å²) in [6, 6.07) is 11.1. The van der Waals surface area contributed by atoms with E-state index in [2.05, 4.69) is 10.3 Å². The molecule has 0 saturated carbocycles. The number of halogens is 1. The molecule has 0 bridgehead atoms. The van der Waals surface area contributed by atoms with E-state index in [0.29, 0.717) is 30.2 Å². The van der Waals surface area contributed by atoms with E-state index >= 15 is 0 Å². The number of aromatic nitrogens is 1. The topological polar surface area (TPSA) is 68.4 Å². The third-order valence-electron chi connectivity index (χ3n) is 4.68. The Morgan fingerprint density at radius 3 is 2.63 bits per heavy atom. The maximum Gasteiger partial charge on any atom is 0.270 e. The van der Waals surface area contributed by atoms with Crippen LogP contribution in [-0.2, 0) is 11.3 Å². The van der Waals surface area contributed by atoms with Crippen LogP contribution in [0.1, 0.15) is 28.2 Å². The predicted molar refractivity (Wildman–Crippen MR) is 106 cm³/mol. The molecule has 1 aliphatic heterocycles. The van der Waals surface area contributed by atoms with Crippen molar-refractivity contribution in [2.75, 3.05) is 32.7 Å². The lowest BCUT2D eigenvalue weighted by atomic mass is 10.2. The highest BCUT2D eigenvalue weighted by Gasteiger charge is 2.21. The van der Waals surface area contributed by atoms with E-state index in [0.717, 1.165) is 37.4 Å².